The molecule has 0 bridgehead atoms. The van der Waals surface area contributed by atoms with Gasteiger partial charge in [0, 0.05) is 65.3 Å². The van der Waals surface area contributed by atoms with Gasteiger partial charge in [0.1, 0.15) is 5.92 Å². The van der Waals surface area contributed by atoms with Crippen LogP contribution in [0.5, 0.6) is 0 Å². The number of nitrogens with one attached hydrogen (secondary N) is 1. The molecule has 1 aliphatic rings. The number of nitroso groups, excluding NO2 is 1. The summed E-state index contributed by atoms with van der Waals surface area (Å²) < 4.78 is 2.65. The van der Waals surface area contributed by atoms with Gasteiger partial charge < -0.3 is 15.3 Å². The Kier molecular flexibility index (Phi) is 9.73. The highest BCUT2D eigenvalue weighted by Gasteiger charge is 2.30. The maximum atomic E-state index is 13.6. The van der Waals surface area contributed by atoms with Crippen molar-refractivity contribution in [2.24, 2.45) is 4.58 Å². The summed E-state index contributed by atoms with van der Waals surface area (Å²) in [4.78, 5) is 40.8. The summed E-state index contributed by atoms with van der Waals surface area (Å²) in [6.45, 7) is 7.01. The molecular weight excluding hydrogens is 571 g/mol. The summed E-state index contributed by atoms with van der Waals surface area (Å²) in [6, 6.07) is 19.0. The Labute approximate surface area is 247 Å². The molecule has 1 amide bonds. The minimum Gasteiger partial charge on any atom is -0.481 e. The molecule has 0 saturated carbocycles. The topological polar surface area (TPSA) is 102 Å². The van der Waals surface area contributed by atoms with Gasteiger partial charge in [-0.3, -0.25) is 14.5 Å². The molecule has 1 aliphatic heterocycles. The SMILES string of the molecule is CC(C)(CN1CCN(C(=O)c2ccc(C(C(=O)O)c3ccccc3)c(Nc3c(Cl)cccc3Cl)c2)CC1)SN=O. The van der Waals surface area contributed by atoms with E-state index in [1.54, 1.807) is 65.6 Å². The first-order chi connectivity index (χ1) is 19.1. The fourth-order valence-electron chi connectivity index (χ4n) is 4.86. The molecule has 210 valence electrons. The molecule has 1 heterocycles. The first-order valence-electron chi connectivity index (χ1n) is 12.7. The number of hydrogen-bond acceptors (Lipinski definition) is 7. The number of rotatable bonds is 10. The van der Waals surface area contributed by atoms with E-state index < -0.39 is 11.9 Å². The molecule has 4 rings (SSSR count). The van der Waals surface area contributed by atoms with Crippen molar-refractivity contribution in [3.8, 4) is 0 Å². The normalized spacial score (nSPS) is 14.9. The van der Waals surface area contributed by atoms with E-state index in [4.69, 9.17) is 23.2 Å². The molecule has 0 radical (unpaired) electrons. The zero-order chi connectivity index (χ0) is 28.9. The average molecular weight is 602 g/mol. The number of para-hydroxylation sites is 1. The van der Waals surface area contributed by atoms with Crippen molar-refractivity contribution in [3.05, 3.63) is 98.4 Å². The molecule has 8 nitrogen and oxygen atoms in total. The van der Waals surface area contributed by atoms with Gasteiger partial charge in [0.2, 0.25) is 0 Å². The first kappa shape index (κ1) is 29.9. The molecule has 2 N–H and O–H groups in total. The number of nitrogens with zero attached hydrogens (tertiary/aromatic N) is 3. The van der Waals surface area contributed by atoms with Crippen LogP contribution in [0.4, 0.5) is 11.4 Å². The Morgan fingerprint density at radius 1 is 1.00 bits per heavy atom. The molecule has 1 saturated heterocycles. The smallest absolute Gasteiger partial charge is 0.315 e. The number of piperazine rings is 1. The number of carboxylic acid groups (broad SMARTS) is 1. The van der Waals surface area contributed by atoms with E-state index in [2.05, 4.69) is 14.8 Å². The van der Waals surface area contributed by atoms with Gasteiger partial charge in [-0.1, -0.05) is 65.7 Å². The van der Waals surface area contributed by atoms with Crippen LogP contribution >= 0.6 is 35.1 Å². The van der Waals surface area contributed by atoms with Gasteiger partial charge in [-0.2, -0.15) is 0 Å². The van der Waals surface area contributed by atoms with Crippen LogP contribution in [0, 0.1) is 4.91 Å². The Bertz CT molecular complexity index is 1360. The minimum atomic E-state index is -1.03. The highest BCUT2D eigenvalue weighted by Crippen LogP contribution is 2.38. The van der Waals surface area contributed by atoms with Gasteiger partial charge in [0.15, 0.2) is 0 Å². The van der Waals surface area contributed by atoms with E-state index in [-0.39, 0.29) is 10.7 Å². The predicted octanol–water partition coefficient (Wildman–Crippen LogP) is 6.90. The second-order valence-electron chi connectivity index (χ2n) is 10.2. The lowest BCUT2D eigenvalue weighted by Crippen LogP contribution is -2.51. The number of hydrogen-bond donors (Lipinski definition) is 2. The second-order valence-corrected chi connectivity index (χ2v) is 12.5. The van der Waals surface area contributed by atoms with Crippen molar-refractivity contribution in [2.75, 3.05) is 38.0 Å². The number of benzene rings is 3. The molecule has 1 atom stereocenters. The minimum absolute atomic E-state index is 0.158. The van der Waals surface area contributed by atoms with Crippen molar-refractivity contribution in [1.82, 2.24) is 9.80 Å². The molecule has 11 heteroatoms. The molecule has 0 spiro atoms. The van der Waals surface area contributed by atoms with E-state index in [1.807, 2.05) is 19.9 Å². The van der Waals surface area contributed by atoms with E-state index in [1.165, 1.54) is 0 Å². The molecule has 3 aromatic rings. The van der Waals surface area contributed by atoms with Crippen LogP contribution in [0.15, 0.2) is 71.3 Å². The molecule has 3 aromatic carbocycles. The van der Waals surface area contributed by atoms with Crippen LogP contribution in [-0.2, 0) is 4.79 Å². The molecule has 0 aliphatic carbocycles. The number of carboxylic acids is 1. The van der Waals surface area contributed by atoms with E-state index in [0.29, 0.717) is 70.8 Å². The van der Waals surface area contributed by atoms with Crippen LogP contribution in [0.3, 0.4) is 0 Å². The standard InChI is InChI=1S/C29H30Cl2N4O4S/c1-29(2,40-33-39)18-34-13-15-35(16-14-34)27(36)20-11-12-21(25(28(37)38)19-7-4-3-5-8-19)24(17-20)32-26-22(30)9-6-10-23(26)31/h3-12,17,25,32H,13-16,18H2,1-2H3,(H,37,38). The molecule has 1 unspecified atom stereocenters. The summed E-state index contributed by atoms with van der Waals surface area (Å²) in [7, 11) is 0. The van der Waals surface area contributed by atoms with Crippen molar-refractivity contribution in [3.63, 3.8) is 0 Å². The number of halogens is 2. The van der Waals surface area contributed by atoms with Crippen molar-refractivity contribution in [1.29, 1.82) is 0 Å². The van der Waals surface area contributed by atoms with Gasteiger partial charge in [-0.25, -0.2) is 0 Å². The number of carbonyl (C=O) groups is 2. The quantitative estimate of drug-likeness (QED) is 0.192. The summed E-state index contributed by atoms with van der Waals surface area (Å²) >= 11 is 13.9. The number of amides is 1. The van der Waals surface area contributed by atoms with Crippen molar-refractivity contribution < 1.29 is 14.7 Å². The summed E-state index contributed by atoms with van der Waals surface area (Å²) in [5.41, 5.74) is 2.34. The zero-order valence-corrected chi connectivity index (χ0v) is 24.5. The first-order valence-corrected chi connectivity index (χ1v) is 14.3. The lowest BCUT2D eigenvalue weighted by Gasteiger charge is -2.37. The molecule has 0 aromatic heterocycles. The van der Waals surface area contributed by atoms with Gasteiger partial charge in [-0.05, 0) is 49.2 Å². The van der Waals surface area contributed by atoms with Gasteiger partial charge in [0.25, 0.3) is 5.91 Å². The Balaban J connectivity index is 1.64. The number of carbonyl (C=O) groups excluding carboxylic acids is 1. The van der Waals surface area contributed by atoms with E-state index in [0.717, 1.165) is 11.9 Å². The van der Waals surface area contributed by atoms with Gasteiger partial charge in [0.05, 0.1) is 15.7 Å². The highest BCUT2D eigenvalue weighted by atomic mass is 35.5. The lowest BCUT2D eigenvalue weighted by molar-refractivity contribution is -0.137. The van der Waals surface area contributed by atoms with Crippen LogP contribution in [0.25, 0.3) is 0 Å². The Morgan fingerprint density at radius 2 is 1.65 bits per heavy atom. The maximum absolute atomic E-state index is 13.6. The fraction of sp³-hybridized carbons (Fsp3) is 0.310. The zero-order valence-electron chi connectivity index (χ0n) is 22.1. The summed E-state index contributed by atoms with van der Waals surface area (Å²) in [6.07, 6.45) is 0. The Morgan fingerprint density at radius 3 is 2.25 bits per heavy atom. The number of aliphatic carboxylic acids is 1. The predicted molar refractivity (Wildman–Crippen MR) is 162 cm³/mol. The number of anilines is 2. The monoisotopic (exact) mass is 600 g/mol. The Hall–Kier alpha value is -3.11. The van der Waals surface area contributed by atoms with E-state index in [9.17, 15) is 19.6 Å². The average Bonchev–Trinajstić information content (AvgIpc) is 2.92. The summed E-state index contributed by atoms with van der Waals surface area (Å²) in [5, 5.41) is 14.2. The van der Waals surface area contributed by atoms with Crippen LogP contribution in [0.2, 0.25) is 10.0 Å². The summed E-state index contributed by atoms with van der Waals surface area (Å²) in [5.74, 6) is -2.17. The third kappa shape index (κ3) is 7.14. The third-order valence-corrected chi connectivity index (χ3v) is 8.09. The highest BCUT2D eigenvalue weighted by molar-refractivity contribution is 7.99. The van der Waals surface area contributed by atoms with Crippen LogP contribution in [-0.4, -0.2) is 64.3 Å². The second kappa shape index (κ2) is 13.0. The maximum Gasteiger partial charge on any atom is 0.315 e. The molecule has 1 fully saturated rings. The molecule has 40 heavy (non-hydrogen) atoms. The molecular formula is C29H30Cl2N4O4S. The van der Waals surface area contributed by atoms with Gasteiger partial charge >= 0.3 is 5.97 Å². The van der Waals surface area contributed by atoms with Gasteiger partial charge in [-0.15, -0.1) is 4.91 Å². The lowest BCUT2D eigenvalue weighted by atomic mass is 9.89. The third-order valence-electron chi connectivity index (χ3n) is 6.76. The fourth-order valence-corrected chi connectivity index (χ4v) is 5.80. The van der Waals surface area contributed by atoms with Crippen molar-refractivity contribution >= 4 is 58.4 Å². The van der Waals surface area contributed by atoms with E-state index >= 15 is 0 Å². The van der Waals surface area contributed by atoms with Crippen molar-refractivity contribution in [2.45, 2.75) is 24.5 Å². The van der Waals surface area contributed by atoms with Crippen LogP contribution in [0.1, 0.15) is 41.3 Å². The van der Waals surface area contributed by atoms with Crippen LogP contribution < -0.4 is 5.32 Å². The largest absolute Gasteiger partial charge is 0.481 e.